The summed E-state index contributed by atoms with van der Waals surface area (Å²) in [6, 6.07) is 0.398. The van der Waals surface area contributed by atoms with E-state index in [0.717, 1.165) is 44.6 Å². The van der Waals surface area contributed by atoms with Gasteiger partial charge < -0.3 is 10.1 Å². The number of nitrogens with one attached hydrogen (secondary N) is 1. The minimum atomic E-state index is 0.145. The van der Waals surface area contributed by atoms with Crippen molar-refractivity contribution < 1.29 is 9.53 Å². The molecule has 1 aliphatic heterocycles. The topological polar surface area (TPSA) is 56.2 Å². The number of fused-ring (bicyclic) bond motifs is 2. The van der Waals surface area contributed by atoms with E-state index in [2.05, 4.69) is 22.6 Å². The second-order valence-corrected chi connectivity index (χ2v) is 6.43. The van der Waals surface area contributed by atoms with Crippen molar-refractivity contribution in [3.8, 4) is 0 Å². The molecule has 0 radical (unpaired) electrons. The number of nitrogens with zero attached hydrogens (tertiary/aromatic N) is 2. The highest BCUT2D eigenvalue weighted by Crippen LogP contribution is 2.43. The number of carbonyl (C=O) groups excluding carboxylic acids is 1. The smallest absolute Gasteiger partial charge is 0.228 e. The van der Waals surface area contributed by atoms with Crippen LogP contribution in [0.1, 0.15) is 31.7 Å². The van der Waals surface area contributed by atoms with E-state index in [9.17, 15) is 4.79 Å². The van der Waals surface area contributed by atoms with Crippen molar-refractivity contribution in [2.75, 3.05) is 18.5 Å². The molecule has 2 heterocycles. The van der Waals surface area contributed by atoms with Gasteiger partial charge in [0.15, 0.2) is 0 Å². The molecule has 1 N–H and O–H groups in total. The van der Waals surface area contributed by atoms with Gasteiger partial charge in [-0.3, -0.25) is 9.48 Å². The first-order valence-electron chi connectivity index (χ1n) is 7.90. The Hall–Kier alpha value is -1.62. The highest BCUT2D eigenvalue weighted by molar-refractivity contribution is 5.93. The normalized spacial score (nSPS) is 31.7. The number of anilines is 1. The molecule has 5 heteroatoms. The lowest BCUT2D eigenvalue weighted by Crippen LogP contribution is -2.25. The third kappa shape index (κ3) is 2.50. The first-order valence-corrected chi connectivity index (χ1v) is 7.90. The lowest BCUT2D eigenvalue weighted by atomic mass is 9.93. The van der Waals surface area contributed by atoms with Gasteiger partial charge in [-0.15, -0.1) is 0 Å². The van der Waals surface area contributed by atoms with Gasteiger partial charge in [-0.05, 0) is 37.5 Å². The van der Waals surface area contributed by atoms with Crippen LogP contribution < -0.4 is 5.32 Å². The van der Waals surface area contributed by atoms with Crippen LogP contribution in [0.3, 0.4) is 0 Å². The molecule has 1 saturated heterocycles. The molecule has 3 atom stereocenters. The van der Waals surface area contributed by atoms with E-state index in [1.807, 2.05) is 10.9 Å². The molecule has 5 nitrogen and oxygen atoms in total. The van der Waals surface area contributed by atoms with Crippen molar-refractivity contribution in [1.29, 1.82) is 0 Å². The van der Waals surface area contributed by atoms with Gasteiger partial charge in [0.2, 0.25) is 5.91 Å². The van der Waals surface area contributed by atoms with Crippen molar-refractivity contribution in [2.24, 2.45) is 17.8 Å². The Kier molecular flexibility index (Phi) is 3.30. The second kappa shape index (κ2) is 5.30. The summed E-state index contributed by atoms with van der Waals surface area (Å²) in [5.41, 5.74) is 0.818. The summed E-state index contributed by atoms with van der Waals surface area (Å²) < 4.78 is 7.34. The van der Waals surface area contributed by atoms with Crippen LogP contribution in [-0.4, -0.2) is 28.9 Å². The predicted molar refractivity (Wildman–Crippen MR) is 78.8 cm³/mol. The zero-order valence-electron chi connectivity index (χ0n) is 12.1. The van der Waals surface area contributed by atoms with Crippen LogP contribution in [0.2, 0.25) is 0 Å². The quantitative estimate of drug-likeness (QED) is 0.868. The van der Waals surface area contributed by atoms with E-state index in [1.165, 1.54) is 0 Å². The lowest BCUT2D eigenvalue weighted by molar-refractivity contribution is -0.120. The fourth-order valence-electron chi connectivity index (χ4n) is 3.87. The SMILES string of the molecule is O=C(Nc1cnn(C2CCOCC2)c1)[C@@H]1C[C@H]2C=C[C@H]1C2. The minimum Gasteiger partial charge on any atom is -0.381 e. The number of carbonyl (C=O) groups is 1. The highest BCUT2D eigenvalue weighted by atomic mass is 16.5. The number of hydrogen-bond donors (Lipinski definition) is 1. The predicted octanol–water partition coefficient (Wildman–Crippen LogP) is 2.39. The number of amides is 1. The molecule has 1 saturated carbocycles. The maximum absolute atomic E-state index is 12.4. The summed E-state index contributed by atoms with van der Waals surface area (Å²) in [5.74, 6) is 1.36. The zero-order chi connectivity index (χ0) is 14.2. The largest absolute Gasteiger partial charge is 0.381 e. The molecule has 4 rings (SSSR count). The summed E-state index contributed by atoms with van der Waals surface area (Å²) in [5, 5.41) is 7.44. The molecular formula is C16H21N3O2. The van der Waals surface area contributed by atoms with Crippen LogP contribution in [0.15, 0.2) is 24.5 Å². The average Bonchev–Trinajstić information content (AvgIpc) is 3.24. The number of ether oxygens (including phenoxy) is 1. The molecule has 2 aliphatic carbocycles. The van der Waals surface area contributed by atoms with Gasteiger partial charge in [0, 0.05) is 25.3 Å². The minimum absolute atomic E-state index is 0.145. The Balaban J connectivity index is 1.39. The molecule has 2 bridgehead atoms. The Morgan fingerprint density at radius 3 is 2.86 bits per heavy atom. The highest BCUT2D eigenvalue weighted by Gasteiger charge is 2.39. The Morgan fingerprint density at radius 2 is 2.14 bits per heavy atom. The van der Waals surface area contributed by atoms with Gasteiger partial charge in [0.1, 0.15) is 0 Å². The second-order valence-electron chi connectivity index (χ2n) is 6.43. The molecule has 2 fully saturated rings. The van der Waals surface area contributed by atoms with E-state index in [0.29, 0.717) is 17.9 Å². The molecule has 3 aliphatic rings. The van der Waals surface area contributed by atoms with Crippen molar-refractivity contribution in [3.05, 3.63) is 24.5 Å². The average molecular weight is 287 g/mol. The number of aromatic nitrogens is 2. The van der Waals surface area contributed by atoms with E-state index < -0.39 is 0 Å². The maximum Gasteiger partial charge on any atom is 0.228 e. The van der Waals surface area contributed by atoms with Crippen molar-refractivity contribution in [1.82, 2.24) is 9.78 Å². The van der Waals surface area contributed by atoms with Gasteiger partial charge in [-0.1, -0.05) is 12.2 Å². The molecule has 0 spiro atoms. The van der Waals surface area contributed by atoms with Crippen LogP contribution in [0.25, 0.3) is 0 Å². The summed E-state index contributed by atoms with van der Waals surface area (Å²) >= 11 is 0. The van der Waals surface area contributed by atoms with E-state index in [-0.39, 0.29) is 11.8 Å². The maximum atomic E-state index is 12.4. The van der Waals surface area contributed by atoms with Crippen LogP contribution >= 0.6 is 0 Å². The van der Waals surface area contributed by atoms with Crippen molar-refractivity contribution in [2.45, 2.75) is 31.7 Å². The fraction of sp³-hybridized carbons (Fsp3) is 0.625. The third-order valence-electron chi connectivity index (χ3n) is 5.05. The molecule has 21 heavy (non-hydrogen) atoms. The van der Waals surface area contributed by atoms with Gasteiger partial charge in [-0.25, -0.2) is 0 Å². The summed E-state index contributed by atoms with van der Waals surface area (Å²) in [6.07, 6.45) is 12.3. The van der Waals surface area contributed by atoms with Crippen molar-refractivity contribution >= 4 is 11.6 Å². The number of allylic oxidation sites excluding steroid dienone is 2. The molecule has 112 valence electrons. The molecule has 1 aromatic rings. The van der Waals surface area contributed by atoms with Gasteiger partial charge in [0.05, 0.1) is 17.9 Å². The number of rotatable bonds is 3. The number of hydrogen-bond acceptors (Lipinski definition) is 3. The van der Waals surface area contributed by atoms with E-state index in [4.69, 9.17) is 4.74 Å². The van der Waals surface area contributed by atoms with E-state index in [1.54, 1.807) is 6.20 Å². The van der Waals surface area contributed by atoms with Gasteiger partial charge in [0.25, 0.3) is 0 Å². The lowest BCUT2D eigenvalue weighted by Gasteiger charge is -2.22. The first kappa shape index (κ1) is 13.1. The molecule has 0 aromatic carbocycles. The molecule has 1 aromatic heterocycles. The molecular weight excluding hydrogens is 266 g/mol. The van der Waals surface area contributed by atoms with Crippen molar-refractivity contribution in [3.63, 3.8) is 0 Å². The van der Waals surface area contributed by atoms with E-state index >= 15 is 0 Å². The monoisotopic (exact) mass is 287 g/mol. The Bertz CT molecular complexity index is 560. The van der Waals surface area contributed by atoms with Crippen LogP contribution in [0.5, 0.6) is 0 Å². The zero-order valence-corrected chi connectivity index (χ0v) is 12.1. The third-order valence-corrected chi connectivity index (χ3v) is 5.05. The molecule has 1 amide bonds. The molecule has 0 unspecified atom stereocenters. The summed E-state index contributed by atoms with van der Waals surface area (Å²) in [7, 11) is 0. The van der Waals surface area contributed by atoms with Crippen LogP contribution in [-0.2, 0) is 9.53 Å². The van der Waals surface area contributed by atoms with Crippen LogP contribution in [0, 0.1) is 17.8 Å². The first-order chi connectivity index (χ1) is 10.3. The van der Waals surface area contributed by atoms with Gasteiger partial charge >= 0.3 is 0 Å². The summed E-state index contributed by atoms with van der Waals surface area (Å²) in [4.78, 5) is 12.4. The van der Waals surface area contributed by atoms with Crippen LogP contribution in [0.4, 0.5) is 5.69 Å². The Morgan fingerprint density at radius 1 is 1.29 bits per heavy atom. The fourth-order valence-corrected chi connectivity index (χ4v) is 3.87. The Labute approximate surface area is 124 Å². The summed E-state index contributed by atoms with van der Waals surface area (Å²) in [6.45, 7) is 1.59. The van der Waals surface area contributed by atoms with Gasteiger partial charge in [-0.2, -0.15) is 5.10 Å². The standard InChI is InChI=1S/C16H21N3O2/c20-16(15-8-11-1-2-12(15)7-11)18-13-9-17-19(10-13)14-3-5-21-6-4-14/h1-2,9-12,14-15H,3-8H2,(H,18,20)/t11-,12-,15+/m0/s1.